The number of amides is 1. The standard InChI is InChI=1S/C13H11Cl2N3O4S/c1-22-10-3-2-8(5-11(10)23(16,20)21)18-13(19)7-4-9(14)12(15)17-6-7/h2-6H,1H3,(H,18,19)(H2,16,20,21). The smallest absolute Gasteiger partial charge is 0.257 e. The van der Waals surface area contributed by atoms with Crippen molar-refractivity contribution in [2.24, 2.45) is 5.14 Å². The summed E-state index contributed by atoms with van der Waals surface area (Å²) < 4.78 is 28.0. The number of nitrogens with one attached hydrogen (secondary N) is 1. The van der Waals surface area contributed by atoms with E-state index in [9.17, 15) is 13.2 Å². The maximum absolute atomic E-state index is 12.1. The van der Waals surface area contributed by atoms with Crippen LogP contribution in [0.5, 0.6) is 5.75 Å². The molecule has 0 saturated carbocycles. The zero-order valence-corrected chi connectivity index (χ0v) is 14.0. The fourth-order valence-corrected chi connectivity index (χ4v) is 2.72. The maximum Gasteiger partial charge on any atom is 0.257 e. The minimum Gasteiger partial charge on any atom is -0.495 e. The van der Waals surface area contributed by atoms with E-state index in [1.54, 1.807) is 0 Å². The van der Waals surface area contributed by atoms with Gasteiger partial charge in [-0.15, -0.1) is 0 Å². The third kappa shape index (κ3) is 4.11. The molecule has 0 saturated heterocycles. The number of sulfonamides is 1. The van der Waals surface area contributed by atoms with Gasteiger partial charge in [-0.1, -0.05) is 23.2 Å². The second kappa shape index (κ2) is 6.71. The molecular formula is C13H11Cl2N3O4S. The zero-order valence-electron chi connectivity index (χ0n) is 11.7. The number of hydrogen-bond acceptors (Lipinski definition) is 5. The Hall–Kier alpha value is -1.87. The molecule has 0 aliphatic heterocycles. The van der Waals surface area contributed by atoms with Crippen molar-refractivity contribution in [1.82, 2.24) is 4.98 Å². The molecule has 0 unspecified atom stereocenters. The Morgan fingerprint density at radius 2 is 2.00 bits per heavy atom. The number of nitrogens with two attached hydrogens (primary N) is 1. The molecule has 1 amide bonds. The molecule has 0 atom stereocenters. The molecular weight excluding hydrogens is 365 g/mol. The van der Waals surface area contributed by atoms with Crippen LogP contribution in [0, 0.1) is 0 Å². The van der Waals surface area contributed by atoms with E-state index in [1.807, 2.05) is 0 Å². The Morgan fingerprint density at radius 1 is 1.30 bits per heavy atom. The fourth-order valence-electron chi connectivity index (χ4n) is 1.73. The summed E-state index contributed by atoms with van der Waals surface area (Å²) in [6.07, 6.45) is 1.24. The normalized spacial score (nSPS) is 11.1. The Bertz CT molecular complexity index is 872. The maximum atomic E-state index is 12.1. The van der Waals surface area contributed by atoms with Crippen LogP contribution in [-0.4, -0.2) is 26.4 Å². The summed E-state index contributed by atoms with van der Waals surface area (Å²) in [5.41, 5.74) is 0.373. The number of methoxy groups -OCH3 is 1. The summed E-state index contributed by atoms with van der Waals surface area (Å²) in [7, 11) is -2.70. The lowest BCUT2D eigenvalue weighted by Crippen LogP contribution is -2.16. The van der Waals surface area contributed by atoms with Crippen molar-refractivity contribution in [2.75, 3.05) is 12.4 Å². The van der Waals surface area contributed by atoms with Crippen LogP contribution in [0.2, 0.25) is 10.2 Å². The SMILES string of the molecule is COc1ccc(NC(=O)c2cnc(Cl)c(Cl)c2)cc1S(N)(=O)=O. The molecule has 1 aromatic carbocycles. The molecule has 23 heavy (non-hydrogen) atoms. The highest BCUT2D eigenvalue weighted by molar-refractivity contribution is 7.89. The van der Waals surface area contributed by atoms with Gasteiger partial charge in [-0.05, 0) is 24.3 Å². The van der Waals surface area contributed by atoms with Crippen molar-refractivity contribution in [3.8, 4) is 5.75 Å². The largest absolute Gasteiger partial charge is 0.495 e. The number of anilines is 1. The first-order valence-electron chi connectivity index (χ1n) is 6.05. The van der Waals surface area contributed by atoms with E-state index < -0.39 is 15.9 Å². The highest BCUT2D eigenvalue weighted by Gasteiger charge is 2.17. The minimum atomic E-state index is -4.01. The first kappa shape index (κ1) is 17.5. The Kier molecular flexibility index (Phi) is 5.10. The lowest BCUT2D eigenvalue weighted by molar-refractivity contribution is 0.102. The van der Waals surface area contributed by atoms with Gasteiger partial charge in [0.1, 0.15) is 15.8 Å². The van der Waals surface area contributed by atoms with Gasteiger partial charge in [0.15, 0.2) is 0 Å². The second-order valence-corrected chi connectivity index (χ2v) is 6.66. The molecule has 0 radical (unpaired) electrons. The van der Waals surface area contributed by atoms with Gasteiger partial charge in [0.05, 0.1) is 17.7 Å². The van der Waals surface area contributed by atoms with Crippen molar-refractivity contribution in [3.05, 3.63) is 46.2 Å². The first-order valence-corrected chi connectivity index (χ1v) is 8.36. The summed E-state index contributed by atoms with van der Waals surface area (Å²) in [5.74, 6) is -0.469. The van der Waals surface area contributed by atoms with Gasteiger partial charge in [-0.25, -0.2) is 18.5 Å². The average Bonchev–Trinajstić information content (AvgIpc) is 2.49. The lowest BCUT2D eigenvalue weighted by Gasteiger charge is -2.10. The van der Waals surface area contributed by atoms with Crippen LogP contribution in [0.4, 0.5) is 5.69 Å². The van der Waals surface area contributed by atoms with Gasteiger partial charge in [0.25, 0.3) is 5.91 Å². The molecule has 122 valence electrons. The van der Waals surface area contributed by atoms with E-state index in [4.69, 9.17) is 33.1 Å². The number of aromatic nitrogens is 1. The van der Waals surface area contributed by atoms with Gasteiger partial charge >= 0.3 is 0 Å². The van der Waals surface area contributed by atoms with Crippen molar-refractivity contribution in [2.45, 2.75) is 4.90 Å². The van der Waals surface area contributed by atoms with Gasteiger partial charge in [-0.3, -0.25) is 4.79 Å². The number of rotatable bonds is 4. The van der Waals surface area contributed by atoms with Crippen LogP contribution in [-0.2, 0) is 10.0 Å². The third-order valence-electron chi connectivity index (χ3n) is 2.79. The topological polar surface area (TPSA) is 111 Å². The number of pyridine rings is 1. The number of benzene rings is 1. The van der Waals surface area contributed by atoms with E-state index >= 15 is 0 Å². The second-order valence-electron chi connectivity index (χ2n) is 4.36. The molecule has 2 rings (SSSR count). The van der Waals surface area contributed by atoms with Crippen LogP contribution >= 0.6 is 23.2 Å². The fraction of sp³-hybridized carbons (Fsp3) is 0.0769. The highest BCUT2D eigenvalue weighted by atomic mass is 35.5. The van der Waals surface area contributed by atoms with Gasteiger partial charge in [0, 0.05) is 11.9 Å². The molecule has 3 N–H and O–H groups in total. The van der Waals surface area contributed by atoms with Crippen LogP contribution in [0.1, 0.15) is 10.4 Å². The molecule has 0 bridgehead atoms. The number of carbonyl (C=O) groups is 1. The van der Waals surface area contributed by atoms with Gasteiger partial charge in [0.2, 0.25) is 10.0 Å². The molecule has 1 heterocycles. The number of nitrogens with zero attached hydrogens (tertiary/aromatic N) is 1. The molecule has 0 spiro atoms. The Balaban J connectivity index is 2.33. The molecule has 0 aliphatic rings. The third-order valence-corrected chi connectivity index (χ3v) is 4.40. The van der Waals surface area contributed by atoms with E-state index in [2.05, 4.69) is 10.3 Å². The number of carbonyl (C=O) groups excluding carboxylic acids is 1. The van der Waals surface area contributed by atoms with Crippen molar-refractivity contribution in [3.63, 3.8) is 0 Å². The summed E-state index contributed by atoms with van der Waals surface area (Å²) >= 11 is 11.5. The predicted molar refractivity (Wildman–Crippen MR) is 86.6 cm³/mol. The monoisotopic (exact) mass is 375 g/mol. The summed E-state index contributed by atoms with van der Waals surface area (Å²) in [6, 6.07) is 5.38. The number of primary sulfonamides is 1. The van der Waals surface area contributed by atoms with Crippen LogP contribution in [0.3, 0.4) is 0 Å². The van der Waals surface area contributed by atoms with Crippen LogP contribution in [0.25, 0.3) is 0 Å². The Morgan fingerprint density at radius 3 is 2.57 bits per heavy atom. The Labute approximate surface area is 142 Å². The molecule has 1 aromatic heterocycles. The molecule has 7 nitrogen and oxygen atoms in total. The first-order chi connectivity index (χ1) is 10.7. The molecule has 0 aliphatic carbocycles. The van der Waals surface area contributed by atoms with Crippen molar-refractivity contribution < 1.29 is 17.9 Å². The molecule has 0 fully saturated rings. The highest BCUT2D eigenvalue weighted by Crippen LogP contribution is 2.26. The van der Waals surface area contributed by atoms with Crippen molar-refractivity contribution >= 4 is 44.8 Å². The van der Waals surface area contributed by atoms with Gasteiger partial charge < -0.3 is 10.1 Å². The summed E-state index contributed by atoms with van der Waals surface area (Å²) in [4.78, 5) is 15.6. The van der Waals surface area contributed by atoms with Crippen LogP contribution in [0.15, 0.2) is 35.4 Å². The molecule has 2 aromatic rings. The minimum absolute atomic E-state index is 0.0710. The molecule has 10 heteroatoms. The number of ether oxygens (including phenoxy) is 1. The van der Waals surface area contributed by atoms with E-state index in [0.717, 1.165) is 0 Å². The quantitative estimate of drug-likeness (QED) is 0.796. The number of hydrogen-bond donors (Lipinski definition) is 2. The van der Waals surface area contributed by atoms with E-state index in [0.29, 0.717) is 0 Å². The van der Waals surface area contributed by atoms with Crippen LogP contribution < -0.4 is 15.2 Å². The van der Waals surface area contributed by atoms with Gasteiger partial charge in [-0.2, -0.15) is 0 Å². The van der Waals surface area contributed by atoms with E-state index in [1.165, 1.54) is 37.6 Å². The summed E-state index contributed by atoms with van der Waals surface area (Å²) in [5, 5.41) is 7.83. The predicted octanol–water partition coefficient (Wildman–Crippen LogP) is 2.30. The van der Waals surface area contributed by atoms with Crippen molar-refractivity contribution in [1.29, 1.82) is 0 Å². The number of halogens is 2. The zero-order chi connectivity index (χ0) is 17.2. The summed E-state index contributed by atoms with van der Waals surface area (Å²) in [6.45, 7) is 0. The van der Waals surface area contributed by atoms with E-state index in [-0.39, 0.29) is 32.1 Å². The average molecular weight is 376 g/mol. The lowest BCUT2D eigenvalue weighted by atomic mass is 10.2.